The average molecular weight is 357 g/mol. The number of aromatic amines is 1. The minimum Gasteiger partial charge on any atom is -0.372 e. The fourth-order valence-corrected chi connectivity index (χ4v) is 3.41. The summed E-state index contributed by atoms with van der Waals surface area (Å²) in [5, 5.41) is 6.96. The molecule has 0 fully saturated rings. The highest BCUT2D eigenvalue weighted by atomic mass is 32.1. The van der Waals surface area contributed by atoms with Crippen molar-refractivity contribution in [1.82, 2.24) is 4.98 Å². The smallest absolute Gasteiger partial charge is 0.159 e. The number of aryl methyl sites for hydroxylation is 1. The van der Waals surface area contributed by atoms with Gasteiger partial charge in [-0.1, -0.05) is 30.4 Å². The molecule has 0 saturated carbocycles. The number of halogens is 2. The molecule has 6 heteroatoms. The first-order chi connectivity index (χ1) is 11.8. The second-order valence-electron chi connectivity index (χ2n) is 6.87. The van der Waals surface area contributed by atoms with Crippen LogP contribution in [0.5, 0.6) is 0 Å². The van der Waals surface area contributed by atoms with Gasteiger partial charge in [-0.25, -0.2) is 8.78 Å². The van der Waals surface area contributed by atoms with Crippen LogP contribution in [0.4, 0.5) is 20.2 Å². The molecule has 0 atom stereocenters. The number of para-hydroxylation sites is 1. The highest BCUT2D eigenvalue weighted by molar-refractivity contribution is 7.80. The molecule has 0 saturated heterocycles. The van der Waals surface area contributed by atoms with Crippen molar-refractivity contribution in [2.45, 2.75) is 26.3 Å². The van der Waals surface area contributed by atoms with Crippen LogP contribution in [0.25, 0.3) is 22.0 Å². The summed E-state index contributed by atoms with van der Waals surface area (Å²) in [5.41, 5.74) is 2.14. The van der Waals surface area contributed by atoms with E-state index < -0.39 is 17.2 Å². The molecule has 128 valence electrons. The van der Waals surface area contributed by atoms with Crippen LogP contribution in [0.15, 0.2) is 30.5 Å². The summed E-state index contributed by atoms with van der Waals surface area (Å²) < 4.78 is 30.1. The molecule has 1 aliphatic rings. The summed E-state index contributed by atoms with van der Waals surface area (Å²) in [7, 11) is 0. The predicted molar refractivity (Wildman–Crippen MR) is 102 cm³/mol. The molecule has 0 amide bonds. The second kappa shape index (κ2) is 5.26. The molecule has 2 aromatic carbocycles. The Balaban J connectivity index is 1.98. The standard InChI is InChI=1S/C19H17F2N3S/c1-9-8-22-16-10(9)5-4-6-11(16)14-12(20)7-13-17(15(14)21)23-18(25)19(2,3)24-13/h4-8,22,24H,1-3H3,(H,23,25). The number of fused-ring (bicyclic) bond motifs is 2. The molecule has 3 aromatic rings. The molecule has 4 rings (SSSR count). The van der Waals surface area contributed by atoms with Crippen molar-refractivity contribution in [2.24, 2.45) is 0 Å². The number of thiocarbonyl (C=S) groups is 1. The highest BCUT2D eigenvalue weighted by Crippen LogP contribution is 2.41. The van der Waals surface area contributed by atoms with Crippen LogP contribution in [-0.4, -0.2) is 15.5 Å². The number of hydrogen-bond acceptors (Lipinski definition) is 2. The van der Waals surface area contributed by atoms with Gasteiger partial charge in [-0.05, 0) is 32.4 Å². The Morgan fingerprint density at radius 3 is 2.68 bits per heavy atom. The Labute approximate surface area is 149 Å². The van der Waals surface area contributed by atoms with Crippen molar-refractivity contribution in [3.05, 3.63) is 47.7 Å². The van der Waals surface area contributed by atoms with Gasteiger partial charge in [0, 0.05) is 17.1 Å². The van der Waals surface area contributed by atoms with Crippen molar-refractivity contribution in [3.63, 3.8) is 0 Å². The number of H-pyrrole nitrogens is 1. The fourth-order valence-electron chi connectivity index (χ4n) is 3.25. The Morgan fingerprint density at radius 2 is 1.92 bits per heavy atom. The molecule has 25 heavy (non-hydrogen) atoms. The quantitative estimate of drug-likeness (QED) is 0.513. The molecule has 0 spiro atoms. The molecule has 1 aliphatic heterocycles. The maximum absolute atomic E-state index is 15.2. The van der Waals surface area contributed by atoms with E-state index in [-0.39, 0.29) is 11.3 Å². The van der Waals surface area contributed by atoms with E-state index >= 15 is 4.39 Å². The first-order valence-electron chi connectivity index (χ1n) is 7.98. The van der Waals surface area contributed by atoms with E-state index in [0.717, 1.165) is 10.9 Å². The largest absolute Gasteiger partial charge is 0.372 e. The Hall–Kier alpha value is -2.47. The summed E-state index contributed by atoms with van der Waals surface area (Å²) in [6, 6.07) is 6.76. The molecule has 0 aliphatic carbocycles. The van der Waals surface area contributed by atoms with Gasteiger partial charge in [0.15, 0.2) is 5.82 Å². The highest BCUT2D eigenvalue weighted by Gasteiger charge is 2.33. The SMILES string of the molecule is Cc1c[nH]c2c(-c3c(F)cc4c(c3F)NC(=S)C(C)(C)N4)cccc12. The monoisotopic (exact) mass is 357 g/mol. The number of rotatable bonds is 1. The molecule has 2 heterocycles. The molecule has 0 unspecified atom stereocenters. The van der Waals surface area contributed by atoms with E-state index in [0.29, 0.717) is 21.8 Å². The zero-order chi connectivity index (χ0) is 17.9. The van der Waals surface area contributed by atoms with Crippen molar-refractivity contribution >= 4 is 39.5 Å². The van der Waals surface area contributed by atoms with Crippen LogP contribution in [0.1, 0.15) is 19.4 Å². The maximum atomic E-state index is 15.2. The van der Waals surface area contributed by atoms with Gasteiger partial charge in [-0.3, -0.25) is 0 Å². The molecular weight excluding hydrogens is 340 g/mol. The molecule has 0 bridgehead atoms. The first-order valence-corrected chi connectivity index (χ1v) is 8.39. The van der Waals surface area contributed by atoms with Crippen LogP contribution in [0.2, 0.25) is 0 Å². The van der Waals surface area contributed by atoms with Gasteiger partial charge >= 0.3 is 0 Å². The van der Waals surface area contributed by atoms with Gasteiger partial charge in [0.05, 0.1) is 28.0 Å². The summed E-state index contributed by atoms with van der Waals surface area (Å²) in [4.78, 5) is 3.58. The number of benzene rings is 2. The lowest BCUT2D eigenvalue weighted by molar-refractivity contribution is 0.590. The van der Waals surface area contributed by atoms with Crippen molar-refractivity contribution in [3.8, 4) is 11.1 Å². The lowest BCUT2D eigenvalue weighted by atomic mass is 9.96. The summed E-state index contributed by atoms with van der Waals surface area (Å²) in [6.07, 6.45) is 1.83. The van der Waals surface area contributed by atoms with Crippen molar-refractivity contribution < 1.29 is 8.78 Å². The van der Waals surface area contributed by atoms with Crippen molar-refractivity contribution in [1.29, 1.82) is 0 Å². The van der Waals surface area contributed by atoms with Gasteiger partial charge in [0.2, 0.25) is 0 Å². The fraction of sp³-hybridized carbons (Fsp3) is 0.211. The predicted octanol–water partition coefficient (Wildman–Crippen LogP) is 5.36. The van der Waals surface area contributed by atoms with Gasteiger partial charge in [-0.2, -0.15) is 0 Å². The van der Waals surface area contributed by atoms with E-state index in [4.69, 9.17) is 12.2 Å². The normalized spacial score (nSPS) is 15.6. The number of nitrogens with one attached hydrogen (secondary N) is 3. The minimum absolute atomic E-state index is 0.0667. The van der Waals surface area contributed by atoms with Gasteiger partial charge in [-0.15, -0.1) is 0 Å². The summed E-state index contributed by atoms with van der Waals surface area (Å²) in [5.74, 6) is -1.27. The number of aromatic nitrogens is 1. The molecular formula is C19H17F2N3S. The van der Waals surface area contributed by atoms with E-state index in [1.165, 1.54) is 6.07 Å². The van der Waals surface area contributed by atoms with Crippen LogP contribution >= 0.6 is 12.2 Å². The van der Waals surface area contributed by atoms with Crippen LogP contribution < -0.4 is 10.6 Å². The number of hydrogen-bond donors (Lipinski definition) is 3. The second-order valence-corrected chi connectivity index (χ2v) is 7.28. The van der Waals surface area contributed by atoms with Crippen LogP contribution in [0, 0.1) is 18.6 Å². The average Bonchev–Trinajstić information content (AvgIpc) is 2.92. The first kappa shape index (κ1) is 16.0. The minimum atomic E-state index is -0.653. The lowest BCUT2D eigenvalue weighted by Crippen LogP contribution is -2.46. The molecule has 3 N–H and O–H groups in total. The van der Waals surface area contributed by atoms with Gasteiger partial charge < -0.3 is 15.6 Å². The Morgan fingerprint density at radius 1 is 1.16 bits per heavy atom. The summed E-state index contributed by atoms with van der Waals surface area (Å²) in [6.45, 7) is 5.67. The van der Waals surface area contributed by atoms with Crippen molar-refractivity contribution in [2.75, 3.05) is 10.6 Å². The number of anilines is 2. The van der Waals surface area contributed by atoms with Gasteiger partial charge in [0.1, 0.15) is 10.8 Å². The van der Waals surface area contributed by atoms with E-state index in [1.54, 1.807) is 12.1 Å². The van der Waals surface area contributed by atoms with Gasteiger partial charge in [0.25, 0.3) is 0 Å². The topological polar surface area (TPSA) is 39.9 Å². The van der Waals surface area contributed by atoms with Crippen LogP contribution in [0.3, 0.4) is 0 Å². The van der Waals surface area contributed by atoms with E-state index in [9.17, 15) is 4.39 Å². The summed E-state index contributed by atoms with van der Waals surface area (Å²) >= 11 is 5.31. The Kier molecular flexibility index (Phi) is 3.37. The van der Waals surface area contributed by atoms with E-state index in [1.807, 2.05) is 33.0 Å². The molecule has 0 radical (unpaired) electrons. The zero-order valence-electron chi connectivity index (χ0n) is 14.1. The third-order valence-electron chi connectivity index (χ3n) is 4.66. The lowest BCUT2D eigenvalue weighted by Gasteiger charge is -2.35. The third-order valence-corrected chi connectivity index (χ3v) is 5.28. The Bertz CT molecular complexity index is 1040. The van der Waals surface area contributed by atoms with Crippen LogP contribution in [-0.2, 0) is 0 Å². The third kappa shape index (κ3) is 2.32. The molecule has 1 aromatic heterocycles. The molecule has 3 nitrogen and oxygen atoms in total. The van der Waals surface area contributed by atoms with E-state index in [2.05, 4.69) is 15.6 Å². The zero-order valence-corrected chi connectivity index (χ0v) is 14.9. The maximum Gasteiger partial charge on any atom is 0.159 e.